The highest BCUT2D eigenvalue weighted by Crippen LogP contribution is 2.39. The van der Waals surface area contributed by atoms with Crippen molar-refractivity contribution in [2.24, 2.45) is 0 Å². The first-order chi connectivity index (χ1) is 12.1. The molecule has 0 radical (unpaired) electrons. The van der Waals surface area contributed by atoms with Gasteiger partial charge in [-0.25, -0.2) is 0 Å². The van der Waals surface area contributed by atoms with Gasteiger partial charge in [0.15, 0.2) is 8.32 Å². The number of rotatable bonds is 7. The predicted octanol–water partition coefficient (Wildman–Crippen LogP) is 4.44. The molecular weight excluding hydrogens is 342 g/mol. The zero-order valence-electron chi connectivity index (χ0n) is 17.4. The van der Waals surface area contributed by atoms with Gasteiger partial charge in [-0.05, 0) is 56.4 Å². The van der Waals surface area contributed by atoms with Crippen molar-refractivity contribution < 1.29 is 14.3 Å². The summed E-state index contributed by atoms with van der Waals surface area (Å²) >= 11 is 0. The SMILES string of the molecule is COc1ccccc1C1(O)CCNC(CCCO[Si](C)(C)C(C)(C)C)C1. The molecule has 0 bridgehead atoms. The fourth-order valence-corrected chi connectivity index (χ4v) is 4.50. The maximum atomic E-state index is 11.3. The third-order valence-electron chi connectivity index (χ3n) is 6.13. The van der Waals surface area contributed by atoms with Gasteiger partial charge in [0.05, 0.1) is 12.7 Å². The first-order valence-corrected chi connectivity index (χ1v) is 12.7. The third-order valence-corrected chi connectivity index (χ3v) is 10.7. The molecule has 1 aromatic rings. The van der Waals surface area contributed by atoms with Crippen molar-refractivity contribution in [3.63, 3.8) is 0 Å². The Labute approximate surface area is 160 Å². The van der Waals surface area contributed by atoms with Gasteiger partial charge in [-0.1, -0.05) is 39.0 Å². The van der Waals surface area contributed by atoms with E-state index in [1.165, 1.54) is 0 Å². The van der Waals surface area contributed by atoms with E-state index in [9.17, 15) is 5.11 Å². The molecule has 0 spiro atoms. The van der Waals surface area contributed by atoms with E-state index in [2.05, 4.69) is 39.2 Å². The van der Waals surface area contributed by atoms with Crippen LogP contribution in [0.25, 0.3) is 0 Å². The maximum Gasteiger partial charge on any atom is 0.191 e. The van der Waals surface area contributed by atoms with Crippen molar-refractivity contribution in [1.82, 2.24) is 5.32 Å². The average molecular weight is 380 g/mol. The Balaban J connectivity index is 1.90. The van der Waals surface area contributed by atoms with Crippen LogP contribution in [0, 0.1) is 0 Å². The molecule has 4 nitrogen and oxygen atoms in total. The molecular formula is C21H37NO3Si. The largest absolute Gasteiger partial charge is 0.496 e. The monoisotopic (exact) mass is 379 g/mol. The summed E-state index contributed by atoms with van der Waals surface area (Å²) in [5, 5.41) is 15.1. The summed E-state index contributed by atoms with van der Waals surface area (Å²) in [6.07, 6.45) is 3.47. The number of hydrogen-bond acceptors (Lipinski definition) is 4. The molecule has 1 saturated heterocycles. The Morgan fingerprint density at radius 1 is 1.27 bits per heavy atom. The van der Waals surface area contributed by atoms with Crippen LogP contribution < -0.4 is 10.1 Å². The molecule has 5 heteroatoms. The average Bonchev–Trinajstić information content (AvgIpc) is 2.58. The van der Waals surface area contributed by atoms with Crippen LogP contribution in [0.5, 0.6) is 5.75 Å². The number of benzene rings is 1. The molecule has 1 aliphatic rings. The molecule has 1 fully saturated rings. The Kier molecular flexibility index (Phi) is 6.94. The molecule has 1 aliphatic heterocycles. The molecule has 26 heavy (non-hydrogen) atoms. The topological polar surface area (TPSA) is 50.7 Å². The van der Waals surface area contributed by atoms with Gasteiger partial charge in [0.2, 0.25) is 0 Å². The number of aliphatic hydroxyl groups is 1. The molecule has 0 saturated carbocycles. The second kappa shape index (κ2) is 8.42. The van der Waals surface area contributed by atoms with Crippen molar-refractivity contribution in [3.8, 4) is 5.75 Å². The highest BCUT2D eigenvalue weighted by molar-refractivity contribution is 6.74. The van der Waals surface area contributed by atoms with Crippen LogP contribution in [-0.2, 0) is 10.0 Å². The van der Waals surface area contributed by atoms with Gasteiger partial charge >= 0.3 is 0 Å². The highest BCUT2D eigenvalue weighted by Gasteiger charge is 2.38. The molecule has 148 valence electrons. The predicted molar refractivity (Wildman–Crippen MR) is 110 cm³/mol. The summed E-state index contributed by atoms with van der Waals surface area (Å²) in [4.78, 5) is 0. The molecule has 1 aromatic carbocycles. The second-order valence-corrected chi connectivity index (χ2v) is 13.9. The fourth-order valence-electron chi connectivity index (χ4n) is 3.42. The first-order valence-electron chi connectivity index (χ1n) is 9.82. The minimum absolute atomic E-state index is 0.250. The van der Waals surface area contributed by atoms with Crippen LogP contribution in [0.15, 0.2) is 24.3 Å². The van der Waals surface area contributed by atoms with Gasteiger partial charge in [-0.15, -0.1) is 0 Å². The number of ether oxygens (including phenoxy) is 1. The van der Waals surface area contributed by atoms with Crippen LogP contribution in [0.4, 0.5) is 0 Å². The Morgan fingerprint density at radius 2 is 1.96 bits per heavy atom. The standard InChI is InChI=1S/C21H37NO3Si/c1-20(2,3)26(5,6)25-15-9-10-17-16-21(23,13-14-22-17)18-11-7-8-12-19(18)24-4/h7-8,11-12,17,22-23H,9-10,13-16H2,1-6H3. The van der Waals surface area contributed by atoms with E-state index in [-0.39, 0.29) is 5.04 Å². The van der Waals surface area contributed by atoms with Crippen LogP contribution >= 0.6 is 0 Å². The summed E-state index contributed by atoms with van der Waals surface area (Å²) < 4.78 is 11.8. The van der Waals surface area contributed by atoms with E-state index in [0.29, 0.717) is 18.9 Å². The summed E-state index contributed by atoms with van der Waals surface area (Å²) in [6.45, 7) is 13.0. The molecule has 0 aromatic heterocycles. The smallest absolute Gasteiger partial charge is 0.191 e. The van der Waals surface area contributed by atoms with Gasteiger partial charge in [0.1, 0.15) is 5.75 Å². The van der Waals surface area contributed by atoms with E-state index in [4.69, 9.17) is 9.16 Å². The summed E-state index contributed by atoms with van der Waals surface area (Å²) in [5.41, 5.74) is 0.0922. The van der Waals surface area contributed by atoms with Gasteiger partial charge in [0, 0.05) is 18.2 Å². The van der Waals surface area contributed by atoms with Gasteiger partial charge in [0.25, 0.3) is 0 Å². The zero-order chi connectivity index (χ0) is 19.4. The summed E-state index contributed by atoms with van der Waals surface area (Å²) in [7, 11) is -0.00567. The van der Waals surface area contributed by atoms with Gasteiger partial charge in [-0.3, -0.25) is 0 Å². The second-order valence-electron chi connectivity index (χ2n) is 9.09. The van der Waals surface area contributed by atoms with Crippen molar-refractivity contribution in [2.75, 3.05) is 20.3 Å². The van der Waals surface area contributed by atoms with Crippen LogP contribution in [0.3, 0.4) is 0 Å². The first kappa shape index (κ1) is 21.4. The summed E-state index contributed by atoms with van der Waals surface area (Å²) in [5.74, 6) is 0.775. The Morgan fingerprint density at radius 3 is 2.62 bits per heavy atom. The van der Waals surface area contributed by atoms with Crippen molar-refractivity contribution in [3.05, 3.63) is 29.8 Å². The van der Waals surface area contributed by atoms with Crippen molar-refractivity contribution >= 4 is 8.32 Å². The number of methoxy groups -OCH3 is 1. The number of para-hydroxylation sites is 1. The third kappa shape index (κ3) is 5.09. The van der Waals surface area contributed by atoms with Crippen LogP contribution in [-0.4, -0.2) is 39.7 Å². The van der Waals surface area contributed by atoms with Crippen molar-refractivity contribution in [1.29, 1.82) is 0 Å². The lowest BCUT2D eigenvalue weighted by molar-refractivity contribution is -0.0125. The molecule has 2 N–H and O–H groups in total. The van der Waals surface area contributed by atoms with E-state index in [1.807, 2.05) is 24.3 Å². The molecule has 0 amide bonds. The normalized spacial score (nSPS) is 24.5. The minimum atomic E-state index is -1.67. The van der Waals surface area contributed by atoms with E-state index >= 15 is 0 Å². The van der Waals surface area contributed by atoms with Gasteiger partial charge in [-0.2, -0.15) is 0 Å². The van der Waals surface area contributed by atoms with E-state index in [1.54, 1.807) is 7.11 Å². The molecule has 0 aliphatic carbocycles. The molecule has 2 unspecified atom stereocenters. The molecule has 2 atom stereocenters. The van der Waals surface area contributed by atoms with E-state index in [0.717, 1.165) is 37.3 Å². The molecule has 1 heterocycles. The number of nitrogens with one attached hydrogen (secondary N) is 1. The van der Waals surface area contributed by atoms with Crippen LogP contribution in [0.2, 0.25) is 18.1 Å². The quantitative estimate of drug-likeness (QED) is 0.543. The van der Waals surface area contributed by atoms with E-state index < -0.39 is 13.9 Å². The maximum absolute atomic E-state index is 11.3. The lowest BCUT2D eigenvalue weighted by atomic mass is 9.80. The Bertz CT molecular complexity index is 585. The zero-order valence-corrected chi connectivity index (χ0v) is 18.4. The fraction of sp³-hybridized carbons (Fsp3) is 0.714. The number of hydrogen-bond donors (Lipinski definition) is 2. The van der Waals surface area contributed by atoms with Crippen molar-refractivity contribution in [2.45, 2.75) is 76.2 Å². The Hall–Kier alpha value is -0.883. The highest BCUT2D eigenvalue weighted by atomic mass is 28.4. The lowest BCUT2D eigenvalue weighted by Crippen LogP contribution is -2.46. The number of piperidine rings is 1. The summed E-state index contributed by atoms with van der Waals surface area (Å²) in [6, 6.07) is 8.14. The lowest BCUT2D eigenvalue weighted by Gasteiger charge is -2.39. The van der Waals surface area contributed by atoms with Crippen LogP contribution in [0.1, 0.15) is 52.0 Å². The van der Waals surface area contributed by atoms with Gasteiger partial charge < -0.3 is 19.6 Å². The minimum Gasteiger partial charge on any atom is -0.496 e. The molecule has 2 rings (SSSR count).